The molecule has 0 heterocycles. The number of methoxy groups -OCH3 is 2. The Bertz CT molecular complexity index is 433. The van der Waals surface area contributed by atoms with Crippen LogP contribution in [0.5, 0.6) is 11.5 Å². The van der Waals surface area contributed by atoms with E-state index in [1.807, 2.05) is 12.1 Å². The Morgan fingerprint density at radius 1 is 1.32 bits per heavy atom. The van der Waals surface area contributed by atoms with Crippen molar-refractivity contribution in [2.24, 2.45) is 5.73 Å². The largest absolute Gasteiger partial charge is 0.497 e. The van der Waals surface area contributed by atoms with E-state index in [2.05, 4.69) is 0 Å². The maximum absolute atomic E-state index is 12.3. The van der Waals surface area contributed by atoms with Gasteiger partial charge in [0, 0.05) is 19.7 Å². The van der Waals surface area contributed by atoms with Gasteiger partial charge in [0.25, 0.3) is 0 Å². The van der Waals surface area contributed by atoms with E-state index in [1.54, 1.807) is 39.3 Å². The second-order valence-electron chi connectivity index (χ2n) is 4.47. The van der Waals surface area contributed by atoms with E-state index < -0.39 is 0 Å². The summed E-state index contributed by atoms with van der Waals surface area (Å²) in [5.74, 6) is 1.07. The first-order valence-corrected chi connectivity index (χ1v) is 6.18. The summed E-state index contributed by atoms with van der Waals surface area (Å²) in [5.41, 5.74) is 6.44. The van der Waals surface area contributed by atoms with Gasteiger partial charge in [-0.3, -0.25) is 4.79 Å². The number of nitrogens with two attached hydrogens (primary N) is 1. The molecule has 0 aliphatic heterocycles. The third kappa shape index (κ3) is 3.61. The van der Waals surface area contributed by atoms with Gasteiger partial charge in [-0.15, -0.1) is 0 Å². The number of rotatable bonds is 6. The van der Waals surface area contributed by atoms with Crippen LogP contribution in [0.1, 0.15) is 17.9 Å². The van der Waals surface area contributed by atoms with Crippen molar-refractivity contribution >= 4 is 5.91 Å². The lowest BCUT2D eigenvalue weighted by molar-refractivity contribution is -0.130. The summed E-state index contributed by atoms with van der Waals surface area (Å²) < 4.78 is 10.5. The minimum atomic E-state index is -0.315. The van der Waals surface area contributed by atoms with Crippen molar-refractivity contribution in [3.8, 4) is 11.5 Å². The van der Waals surface area contributed by atoms with Crippen molar-refractivity contribution in [2.75, 3.05) is 34.9 Å². The second kappa shape index (κ2) is 6.99. The minimum Gasteiger partial charge on any atom is -0.497 e. The Morgan fingerprint density at radius 3 is 2.47 bits per heavy atom. The molecule has 0 bridgehead atoms. The number of amides is 1. The molecule has 19 heavy (non-hydrogen) atoms. The zero-order valence-corrected chi connectivity index (χ0v) is 12.0. The fourth-order valence-electron chi connectivity index (χ4n) is 2.00. The number of carbonyl (C=O) groups is 1. The highest BCUT2D eigenvalue weighted by Gasteiger charge is 2.25. The SMILES string of the molecule is COc1ccc(OC)c(C(CCN)C(=O)N(C)C)c1. The van der Waals surface area contributed by atoms with E-state index in [-0.39, 0.29) is 11.8 Å². The summed E-state index contributed by atoms with van der Waals surface area (Å²) in [6, 6.07) is 5.45. The van der Waals surface area contributed by atoms with Crippen molar-refractivity contribution in [3.05, 3.63) is 23.8 Å². The molecule has 0 saturated heterocycles. The van der Waals surface area contributed by atoms with Crippen LogP contribution in [0.25, 0.3) is 0 Å². The quantitative estimate of drug-likeness (QED) is 0.841. The van der Waals surface area contributed by atoms with Crippen LogP contribution < -0.4 is 15.2 Å². The highest BCUT2D eigenvalue weighted by molar-refractivity contribution is 5.84. The molecule has 0 radical (unpaired) electrons. The summed E-state index contributed by atoms with van der Waals surface area (Å²) in [6.45, 7) is 0.435. The summed E-state index contributed by atoms with van der Waals surface area (Å²) in [5, 5.41) is 0. The summed E-state index contributed by atoms with van der Waals surface area (Å²) in [6.07, 6.45) is 0.570. The topological polar surface area (TPSA) is 64.8 Å². The van der Waals surface area contributed by atoms with Gasteiger partial charge in [-0.1, -0.05) is 0 Å². The monoisotopic (exact) mass is 266 g/mol. The predicted molar refractivity (Wildman–Crippen MR) is 74.7 cm³/mol. The maximum Gasteiger partial charge on any atom is 0.229 e. The molecule has 2 N–H and O–H groups in total. The number of carbonyl (C=O) groups excluding carboxylic acids is 1. The van der Waals surface area contributed by atoms with Crippen LogP contribution in [0.2, 0.25) is 0 Å². The first kappa shape index (κ1) is 15.3. The molecule has 0 saturated carbocycles. The Hall–Kier alpha value is -1.75. The standard InChI is InChI=1S/C14H22N2O3/c1-16(2)14(17)11(7-8-15)12-9-10(18-3)5-6-13(12)19-4/h5-6,9,11H,7-8,15H2,1-4H3. The maximum atomic E-state index is 12.3. The molecule has 1 unspecified atom stereocenters. The van der Waals surface area contributed by atoms with Crippen molar-refractivity contribution in [1.29, 1.82) is 0 Å². The fourth-order valence-corrected chi connectivity index (χ4v) is 2.00. The van der Waals surface area contributed by atoms with E-state index in [4.69, 9.17) is 15.2 Å². The molecule has 0 aromatic heterocycles. The number of ether oxygens (including phenoxy) is 2. The minimum absolute atomic E-state index is 0.0111. The van der Waals surface area contributed by atoms with Crippen LogP contribution in [0, 0.1) is 0 Å². The lowest BCUT2D eigenvalue weighted by Gasteiger charge is -2.22. The number of hydrogen-bond donors (Lipinski definition) is 1. The first-order valence-electron chi connectivity index (χ1n) is 6.18. The van der Waals surface area contributed by atoms with Gasteiger partial charge in [0.1, 0.15) is 11.5 Å². The molecule has 0 aliphatic carbocycles. The molecule has 1 atom stereocenters. The summed E-state index contributed by atoms with van der Waals surface area (Å²) >= 11 is 0. The van der Waals surface area contributed by atoms with Crippen molar-refractivity contribution in [3.63, 3.8) is 0 Å². The molecule has 0 fully saturated rings. The molecule has 1 rings (SSSR count). The average Bonchev–Trinajstić information content (AvgIpc) is 2.43. The molecular weight excluding hydrogens is 244 g/mol. The summed E-state index contributed by atoms with van der Waals surface area (Å²) in [7, 11) is 6.65. The van der Waals surface area contributed by atoms with E-state index in [1.165, 1.54) is 0 Å². The van der Waals surface area contributed by atoms with Crippen molar-refractivity contribution in [2.45, 2.75) is 12.3 Å². The predicted octanol–water partition coefficient (Wildman–Crippen LogP) is 1.22. The molecule has 0 spiro atoms. The molecule has 106 valence electrons. The summed E-state index contributed by atoms with van der Waals surface area (Å²) in [4.78, 5) is 13.8. The zero-order chi connectivity index (χ0) is 14.4. The molecule has 1 aromatic carbocycles. The third-order valence-corrected chi connectivity index (χ3v) is 3.01. The van der Waals surface area contributed by atoms with Crippen LogP contribution in [0.15, 0.2) is 18.2 Å². The zero-order valence-electron chi connectivity index (χ0n) is 12.0. The van der Waals surface area contributed by atoms with Gasteiger partial charge >= 0.3 is 0 Å². The van der Waals surface area contributed by atoms with Crippen LogP contribution >= 0.6 is 0 Å². The molecule has 0 aliphatic rings. The van der Waals surface area contributed by atoms with Gasteiger partial charge in [-0.05, 0) is 31.2 Å². The van der Waals surface area contributed by atoms with Gasteiger partial charge in [0.05, 0.1) is 20.1 Å². The molecule has 1 amide bonds. The average molecular weight is 266 g/mol. The van der Waals surface area contributed by atoms with Gasteiger partial charge in [-0.25, -0.2) is 0 Å². The second-order valence-corrected chi connectivity index (χ2v) is 4.47. The van der Waals surface area contributed by atoms with Crippen LogP contribution in [-0.2, 0) is 4.79 Å². The fraction of sp³-hybridized carbons (Fsp3) is 0.500. The van der Waals surface area contributed by atoms with Crippen LogP contribution in [-0.4, -0.2) is 45.7 Å². The molecular formula is C14H22N2O3. The molecule has 5 heteroatoms. The Morgan fingerprint density at radius 2 is 2.00 bits per heavy atom. The number of benzene rings is 1. The van der Waals surface area contributed by atoms with E-state index in [0.29, 0.717) is 24.5 Å². The van der Waals surface area contributed by atoms with E-state index in [0.717, 1.165) is 5.56 Å². The lowest BCUT2D eigenvalue weighted by atomic mass is 9.93. The Kier molecular flexibility index (Phi) is 5.63. The normalized spacial score (nSPS) is 11.8. The van der Waals surface area contributed by atoms with Crippen LogP contribution in [0.4, 0.5) is 0 Å². The third-order valence-electron chi connectivity index (χ3n) is 3.01. The number of nitrogens with zero attached hydrogens (tertiary/aromatic N) is 1. The highest BCUT2D eigenvalue weighted by atomic mass is 16.5. The van der Waals surface area contributed by atoms with Gasteiger partial charge in [0.15, 0.2) is 0 Å². The van der Waals surface area contributed by atoms with E-state index in [9.17, 15) is 4.79 Å². The number of likely N-dealkylation sites (N-methyl/N-ethyl adjacent to an activating group) is 1. The Balaban J connectivity index is 3.23. The van der Waals surface area contributed by atoms with Gasteiger partial charge < -0.3 is 20.1 Å². The number of hydrogen-bond acceptors (Lipinski definition) is 4. The lowest BCUT2D eigenvalue weighted by Crippen LogP contribution is -2.29. The van der Waals surface area contributed by atoms with Gasteiger partial charge in [0.2, 0.25) is 5.91 Å². The van der Waals surface area contributed by atoms with Gasteiger partial charge in [-0.2, -0.15) is 0 Å². The van der Waals surface area contributed by atoms with E-state index >= 15 is 0 Å². The van der Waals surface area contributed by atoms with Crippen molar-refractivity contribution in [1.82, 2.24) is 4.90 Å². The van der Waals surface area contributed by atoms with Crippen LogP contribution in [0.3, 0.4) is 0 Å². The van der Waals surface area contributed by atoms with Crippen molar-refractivity contribution < 1.29 is 14.3 Å². The highest BCUT2D eigenvalue weighted by Crippen LogP contribution is 2.33. The molecule has 5 nitrogen and oxygen atoms in total. The smallest absolute Gasteiger partial charge is 0.229 e. The Labute approximate surface area is 114 Å². The molecule has 1 aromatic rings. The first-order chi connectivity index (χ1) is 9.04.